The van der Waals surface area contributed by atoms with Crippen molar-refractivity contribution in [2.24, 2.45) is 0 Å². The Morgan fingerprint density at radius 3 is 2.20 bits per heavy atom. The smallest absolute Gasteiger partial charge is 0.433 e. The standard InChI is InChI=1S/C30H32F3N5O3/c1-19-24(20-10-12-22(41-4)13-11-20)35-27-23(18-34-38(27)25(19)30(31,32)33)28(39)37-16-14-36(15-17-37)26(29(2,3)40)21-8-6-5-7-9-21/h5-13,18,26,40H,14-17H2,1-4H3/t26-/m1/s1. The molecule has 0 unspecified atom stereocenters. The Hall–Kier alpha value is -3.96. The van der Waals surface area contributed by atoms with Crippen LogP contribution in [0.15, 0.2) is 60.8 Å². The second-order valence-corrected chi connectivity index (χ2v) is 10.7. The molecule has 5 rings (SSSR count). The predicted octanol–water partition coefficient (Wildman–Crippen LogP) is 5.00. The van der Waals surface area contributed by atoms with Gasteiger partial charge in [0.25, 0.3) is 5.91 Å². The fourth-order valence-electron chi connectivity index (χ4n) is 5.64. The Balaban J connectivity index is 1.47. The van der Waals surface area contributed by atoms with Gasteiger partial charge in [-0.2, -0.15) is 18.3 Å². The van der Waals surface area contributed by atoms with Gasteiger partial charge < -0.3 is 14.7 Å². The molecule has 1 saturated heterocycles. The maximum Gasteiger partial charge on any atom is 0.433 e. The number of rotatable bonds is 6. The molecule has 2 aromatic carbocycles. The van der Waals surface area contributed by atoms with E-state index in [1.807, 2.05) is 30.3 Å². The normalized spacial score (nSPS) is 15.8. The van der Waals surface area contributed by atoms with E-state index in [1.54, 1.807) is 43.0 Å². The molecule has 3 heterocycles. The van der Waals surface area contributed by atoms with Gasteiger partial charge in [0, 0.05) is 37.3 Å². The number of aromatic nitrogens is 3. The molecule has 4 aromatic rings. The number of benzene rings is 2. The largest absolute Gasteiger partial charge is 0.497 e. The van der Waals surface area contributed by atoms with Crippen molar-refractivity contribution < 1.29 is 27.8 Å². The molecular weight excluding hydrogens is 535 g/mol. The Morgan fingerprint density at radius 1 is 1.00 bits per heavy atom. The molecule has 216 valence electrons. The van der Waals surface area contributed by atoms with Gasteiger partial charge in [-0.15, -0.1) is 0 Å². The summed E-state index contributed by atoms with van der Waals surface area (Å²) in [5.41, 5.74) is -0.722. The topological polar surface area (TPSA) is 83.2 Å². The summed E-state index contributed by atoms with van der Waals surface area (Å²) >= 11 is 0. The van der Waals surface area contributed by atoms with E-state index in [1.165, 1.54) is 14.0 Å². The van der Waals surface area contributed by atoms with Crippen LogP contribution in [0.25, 0.3) is 16.9 Å². The maximum absolute atomic E-state index is 14.3. The molecule has 1 atom stereocenters. The fourth-order valence-corrected chi connectivity index (χ4v) is 5.64. The summed E-state index contributed by atoms with van der Waals surface area (Å²) in [5, 5.41) is 14.9. The summed E-state index contributed by atoms with van der Waals surface area (Å²) in [7, 11) is 1.50. The molecule has 2 aromatic heterocycles. The summed E-state index contributed by atoms with van der Waals surface area (Å²) in [6.07, 6.45) is -3.57. The third-order valence-corrected chi connectivity index (χ3v) is 7.50. The lowest BCUT2D eigenvalue weighted by Gasteiger charge is -2.44. The predicted molar refractivity (Wildman–Crippen MR) is 148 cm³/mol. The average molecular weight is 568 g/mol. The van der Waals surface area contributed by atoms with E-state index in [2.05, 4.69) is 15.0 Å². The molecule has 1 aliphatic rings. The molecule has 0 spiro atoms. The first-order chi connectivity index (χ1) is 19.4. The first-order valence-corrected chi connectivity index (χ1v) is 13.3. The molecule has 1 fully saturated rings. The lowest BCUT2D eigenvalue weighted by molar-refractivity contribution is -0.143. The molecule has 1 aliphatic heterocycles. The first-order valence-electron chi connectivity index (χ1n) is 13.3. The van der Waals surface area contributed by atoms with Crippen LogP contribution in [0.5, 0.6) is 5.75 Å². The van der Waals surface area contributed by atoms with Gasteiger partial charge in [0.2, 0.25) is 0 Å². The Bertz CT molecular complexity index is 1540. The van der Waals surface area contributed by atoms with E-state index in [0.717, 1.165) is 11.8 Å². The molecule has 8 nitrogen and oxygen atoms in total. The van der Waals surface area contributed by atoms with Gasteiger partial charge >= 0.3 is 6.18 Å². The number of hydrogen-bond acceptors (Lipinski definition) is 6. The van der Waals surface area contributed by atoms with E-state index in [4.69, 9.17) is 4.74 Å². The molecule has 11 heteroatoms. The number of aliphatic hydroxyl groups is 1. The molecule has 41 heavy (non-hydrogen) atoms. The van der Waals surface area contributed by atoms with Crippen molar-refractivity contribution in [1.29, 1.82) is 0 Å². The SMILES string of the molecule is COc1ccc(-c2nc3c(C(=O)N4CCN([C@H](c5ccccc5)C(C)(C)O)CC4)cnn3c(C(F)(F)F)c2C)cc1. The highest BCUT2D eigenvalue weighted by molar-refractivity contribution is 6.00. The molecular formula is C30H32F3N5O3. The third kappa shape index (κ3) is 5.51. The van der Waals surface area contributed by atoms with Crippen molar-refractivity contribution in [2.45, 2.75) is 38.6 Å². The van der Waals surface area contributed by atoms with Gasteiger partial charge in [-0.05, 0) is 50.6 Å². The van der Waals surface area contributed by atoms with Crippen LogP contribution < -0.4 is 4.74 Å². The zero-order valence-electron chi connectivity index (χ0n) is 23.3. The molecule has 0 aliphatic carbocycles. The van der Waals surface area contributed by atoms with E-state index in [0.29, 0.717) is 42.0 Å². The Labute approximate surface area is 236 Å². The summed E-state index contributed by atoms with van der Waals surface area (Å²) in [6, 6.07) is 15.9. The number of amides is 1. The van der Waals surface area contributed by atoms with E-state index in [-0.39, 0.29) is 28.5 Å². The van der Waals surface area contributed by atoms with Crippen LogP contribution in [0, 0.1) is 6.92 Å². The van der Waals surface area contributed by atoms with Crippen LogP contribution in [-0.4, -0.2) is 74.3 Å². The number of carbonyl (C=O) groups excluding carboxylic acids is 1. The number of methoxy groups -OCH3 is 1. The number of carbonyl (C=O) groups is 1. The van der Waals surface area contributed by atoms with E-state index in [9.17, 15) is 23.1 Å². The molecule has 0 bridgehead atoms. The van der Waals surface area contributed by atoms with Gasteiger partial charge in [0.1, 0.15) is 11.3 Å². The lowest BCUT2D eigenvalue weighted by Crippen LogP contribution is -2.53. The average Bonchev–Trinajstić information content (AvgIpc) is 3.35. The van der Waals surface area contributed by atoms with Gasteiger partial charge in [0.05, 0.1) is 30.6 Å². The molecule has 0 saturated carbocycles. The highest BCUT2D eigenvalue weighted by atomic mass is 19.4. The van der Waals surface area contributed by atoms with Gasteiger partial charge in [0.15, 0.2) is 11.3 Å². The van der Waals surface area contributed by atoms with Gasteiger partial charge in [-0.25, -0.2) is 9.50 Å². The summed E-state index contributed by atoms with van der Waals surface area (Å²) < 4.78 is 48.7. The van der Waals surface area contributed by atoms with Crippen LogP contribution in [-0.2, 0) is 6.18 Å². The maximum atomic E-state index is 14.3. The number of nitrogens with zero attached hydrogens (tertiary/aromatic N) is 5. The number of fused-ring (bicyclic) bond motifs is 1. The summed E-state index contributed by atoms with van der Waals surface area (Å²) in [5.74, 6) is 0.117. The number of hydrogen-bond donors (Lipinski definition) is 1. The second kappa shape index (κ2) is 10.8. The van der Waals surface area contributed by atoms with Crippen LogP contribution in [0.1, 0.15) is 47.1 Å². The van der Waals surface area contributed by atoms with Crippen LogP contribution in [0.3, 0.4) is 0 Å². The monoisotopic (exact) mass is 567 g/mol. The lowest BCUT2D eigenvalue weighted by atomic mass is 9.90. The zero-order chi connectivity index (χ0) is 29.5. The van der Waals surface area contributed by atoms with Gasteiger partial charge in [-0.1, -0.05) is 30.3 Å². The highest BCUT2D eigenvalue weighted by Gasteiger charge is 2.40. The van der Waals surface area contributed by atoms with Crippen LogP contribution in [0.4, 0.5) is 13.2 Å². The highest BCUT2D eigenvalue weighted by Crippen LogP contribution is 2.37. The van der Waals surface area contributed by atoms with Gasteiger partial charge in [-0.3, -0.25) is 9.69 Å². The number of piperazine rings is 1. The quantitative estimate of drug-likeness (QED) is 0.353. The van der Waals surface area contributed by atoms with Crippen molar-refractivity contribution in [3.63, 3.8) is 0 Å². The van der Waals surface area contributed by atoms with Crippen molar-refractivity contribution in [3.8, 4) is 17.0 Å². The van der Waals surface area contributed by atoms with Crippen molar-refractivity contribution in [2.75, 3.05) is 33.3 Å². The number of halogens is 3. The Morgan fingerprint density at radius 2 is 1.63 bits per heavy atom. The van der Waals surface area contributed by atoms with Crippen molar-refractivity contribution in [3.05, 3.63) is 83.2 Å². The first kappa shape index (κ1) is 28.6. The fraction of sp³-hybridized carbons (Fsp3) is 0.367. The number of ether oxygens (including phenoxy) is 1. The van der Waals surface area contributed by atoms with Crippen LogP contribution in [0.2, 0.25) is 0 Å². The minimum absolute atomic E-state index is 0.000749. The number of alkyl halides is 3. The minimum Gasteiger partial charge on any atom is -0.497 e. The van der Waals surface area contributed by atoms with E-state index >= 15 is 0 Å². The van der Waals surface area contributed by atoms with Crippen molar-refractivity contribution >= 4 is 11.6 Å². The van der Waals surface area contributed by atoms with Crippen LogP contribution >= 0.6 is 0 Å². The molecule has 1 N–H and O–H groups in total. The molecule has 0 radical (unpaired) electrons. The molecule has 1 amide bonds. The minimum atomic E-state index is -4.73. The third-order valence-electron chi connectivity index (χ3n) is 7.50. The second-order valence-electron chi connectivity index (χ2n) is 10.7. The van der Waals surface area contributed by atoms with Crippen molar-refractivity contribution in [1.82, 2.24) is 24.4 Å². The Kier molecular flexibility index (Phi) is 7.52. The summed E-state index contributed by atoms with van der Waals surface area (Å²) in [6.45, 7) is 6.49. The van der Waals surface area contributed by atoms with E-state index < -0.39 is 23.4 Å². The summed E-state index contributed by atoms with van der Waals surface area (Å²) in [4.78, 5) is 21.9. The zero-order valence-corrected chi connectivity index (χ0v) is 23.3.